The van der Waals surface area contributed by atoms with Gasteiger partial charge < -0.3 is 29.7 Å². The number of hydrogen-bond acceptors (Lipinski definition) is 6. The van der Waals surface area contributed by atoms with E-state index in [1.165, 1.54) is 56.9 Å². The number of nitrogens with one attached hydrogen (secondary N) is 2. The fraction of sp³-hybridized carbons (Fsp3) is 0.894. The minimum atomic E-state index is -0.570. The maximum absolute atomic E-state index is 13.8. The van der Waals surface area contributed by atoms with Crippen molar-refractivity contribution in [3.63, 3.8) is 0 Å². The molecule has 0 unspecified atom stereocenters. The summed E-state index contributed by atoms with van der Waals surface area (Å²) in [6, 6.07) is 0. The lowest BCUT2D eigenvalue weighted by molar-refractivity contribution is -0.0595. The van der Waals surface area contributed by atoms with E-state index in [9.17, 15) is 14.4 Å². The van der Waals surface area contributed by atoms with Crippen molar-refractivity contribution in [3.05, 3.63) is 11.6 Å². The van der Waals surface area contributed by atoms with Crippen LogP contribution in [-0.2, 0) is 14.2 Å². The summed E-state index contributed by atoms with van der Waals surface area (Å²) in [5, 5.41) is 5.62. The molecule has 4 rings (SSSR count). The van der Waals surface area contributed by atoms with E-state index in [1.54, 1.807) is 4.90 Å². The Morgan fingerprint density at radius 3 is 2.05 bits per heavy atom. The van der Waals surface area contributed by atoms with E-state index in [1.807, 2.05) is 41.5 Å². The van der Waals surface area contributed by atoms with Crippen LogP contribution in [0.15, 0.2) is 11.6 Å². The molecule has 0 radical (unpaired) electrons. The van der Waals surface area contributed by atoms with Gasteiger partial charge in [0.15, 0.2) is 0 Å². The van der Waals surface area contributed by atoms with Gasteiger partial charge >= 0.3 is 18.3 Å². The lowest BCUT2D eigenvalue weighted by Crippen LogP contribution is -2.51. The Balaban J connectivity index is 1.34. The summed E-state index contributed by atoms with van der Waals surface area (Å²) in [4.78, 5) is 39.9. The van der Waals surface area contributed by atoms with E-state index in [0.29, 0.717) is 50.9 Å². The van der Waals surface area contributed by atoms with Crippen molar-refractivity contribution in [1.29, 1.82) is 0 Å². The van der Waals surface area contributed by atoms with Crippen LogP contribution in [0.3, 0.4) is 0 Å². The average molecular weight is 786 g/mol. The van der Waals surface area contributed by atoms with Crippen LogP contribution in [0, 0.1) is 52.3 Å². The van der Waals surface area contributed by atoms with Gasteiger partial charge in [-0.1, -0.05) is 66.0 Å². The SMILES string of the molecule is CC[C@H](CC[C@@H](C)[C@H]1CC[C@H]2[C@@H]3CC=C4C[C@@H](OC(=O)N(CCCCNC(=O)OC(C)(C)C)CCCNC(=O)OC(C)(C)C)CC[C@]4(C)[C@H]3CC[C@]12C)C(C)C. The van der Waals surface area contributed by atoms with Crippen LogP contribution in [0.1, 0.15) is 173 Å². The first-order valence-electron chi connectivity index (χ1n) is 22.8. The molecule has 0 aromatic rings. The quantitative estimate of drug-likeness (QED) is 0.0917. The third kappa shape index (κ3) is 12.3. The minimum Gasteiger partial charge on any atom is -0.446 e. The van der Waals surface area contributed by atoms with E-state index in [4.69, 9.17) is 14.2 Å². The van der Waals surface area contributed by atoms with Crippen molar-refractivity contribution in [2.24, 2.45) is 52.3 Å². The third-order valence-corrected chi connectivity index (χ3v) is 14.6. The van der Waals surface area contributed by atoms with Crippen molar-refractivity contribution < 1.29 is 28.6 Å². The molecule has 322 valence electrons. The average Bonchev–Trinajstić information content (AvgIpc) is 3.45. The van der Waals surface area contributed by atoms with Crippen LogP contribution in [0.5, 0.6) is 0 Å². The van der Waals surface area contributed by atoms with Gasteiger partial charge in [0.25, 0.3) is 0 Å². The van der Waals surface area contributed by atoms with Gasteiger partial charge in [0.1, 0.15) is 17.3 Å². The highest BCUT2D eigenvalue weighted by Gasteiger charge is 2.59. The number of rotatable bonds is 16. The summed E-state index contributed by atoms with van der Waals surface area (Å²) in [6.07, 6.45) is 16.8. The Bertz CT molecular complexity index is 1330. The molecule has 3 amide bonds. The van der Waals surface area contributed by atoms with Gasteiger partial charge in [0.2, 0.25) is 0 Å². The number of ether oxygens (including phenoxy) is 3. The molecule has 3 fully saturated rings. The maximum atomic E-state index is 13.8. The molecule has 9 atom stereocenters. The van der Waals surface area contributed by atoms with E-state index >= 15 is 0 Å². The zero-order chi connectivity index (χ0) is 41.5. The predicted molar refractivity (Wildman–Crippen MR) is 226 cm³/mol. The molecular formula is C47H83N3O6. The van der Waals surface area contributed by atoms with Gasteiger partial charge in [-0.2, -0.15) is 0 Å². The molecule has 3 saturated carbocycles. The fourth-order valence-electron chi connectivity index (χ4n) is 11.6. The smallest absolute Gasteiger partial charge is 0.410 e. The Hall–Kier alpha value is -2.45. The number of nitrogens with zero attached hydrogens (tertiary/aromatic N) is 1. The van der Waals surface area contributed by atoms with Crippen LogP contribution >= 0.6 is 0 Å². The second-order valence-electron chi connectivity index (χ2n) is 21.1. The zero-order valence-corrected chi connectivity index (χ0v) is 37.8. The highest BCUT2D eigenvalue weighted by molar-refractivity contribution is 5.68. The Labute approximate surface area is 341 Å². The first-order valence-corrected chi connectivity index (χ1v) is 22.8. The maximum Gasteiger partial charge on any atom is 0.410 e. The van der Waals surface area contributed by atoms with Crippen molar-refractivity contribution in [3.8, 4) is 0 Å². The molecule has 9 nitrogen and oxygen atoms in total. The number of unbranched alkanes of at least 4 members (excludes halogenated alkanes) is 1. The topological polar surface area (TPSA) is 106 Å². The molecule has 4 aliphatic carbocycles. The predicted octanol–water partition coefficient (Wildman–Crippen LogP) is 11.7. The molecule has 0 spiro atoms. The van der Waals surface area contributed by atoms with Gasteiger partial charge in [0, 0.05) is 32.6 Å². The van der Waals surface area contributed by atoms with Crippen LogP contribution in [0.25, 0.3) is 0 Å². The van der Waals surface area contributed by atoms with E-state index in [-0.39, 0.29) is 17.6 Å². The fourth-order valence-corrected chi connectivity index (χ4v) is 11.6. The van der Waals surface area contributed by atoms with Gasteiger partial charge in [0.05, 0.1) is 0 Å². The summed E-state index contributed by atoms with van der Waals surface area (Å²) in [5.74, 6) is 5.60. The Morgan fingerprint density at radius 2 is 1.45 bits per heavy atom. The number of carbonyl (C=O) groups is 3. The number of fused-ring (bicyclic) bond motifs is 5. The number of alkyl carbamates (subject to hydrolysis) is 2. The lowest BCUT2D eigenvalue weighted by Gasteiger charge is -2.58. The summed E-state index contributed by atoms with van der Waals surface area (Å²) in [5.41, 5.74) is 1.06. The molecular weight excluding hydrogens is 703 g/mol. The van der Waals surface area contributed by atoms with E-state index < -0.39 is 23.4 Å². The van der Waals surface area contributed by atoms with Crippen molar-refractivity contribution in [1.82, 2.24) is 15.5 Å². The molecule has 0 aromatic heterocycles. The second kappa shape index (κ2) is 19.5. The van der Waals surface area contributed by atoms with Crippen LogP contribution in [0.2, 0.25) is 0 Å². The van der Waals surface area contributed by atoms with Gasteiger partial charge in [-0.25, -0.2) is 14.4 Å². The first-order chi connectivity index (χ1) is 26.2. The van der Waals surface area contributed by atoms with Crippen molar-refractivity contribution in [2.45, 2.75) is 190 Å². The highest BCUT2D eigenvalue weighted by Crippen LogP contribution is 2.67. The molecule has 0 bridgehead atoms. The van der Waals surface area contributed by atoms with Crippen molar-refractivity contribution >= 4 is 18.3 Å². The molecule has 0 aromatic carbocycles. The highest BCUT2D eigenvalue weighted by atomic mass is 16.6. The number of amides is 3. The van der Waals surface area contributed by atoms with Crippen molar-refractivity contribution in [2.75, 3.05) is 26.2 Å². The molecule has 0 aliphatic heterocycles. The monoisotopic (exact) mass is 786 g/mol. The summed E-state index contributed by atoms with van der Waals surface area (Å²) in [7, 11) is 0. The summed E-state index contributed by atoms with van der Waals surface area (Å²) in [6.45, 7) is 27.8. The standard InChI is InChI=1S/C47H83N3O6/c1-13-34(32(2)3)18-17-33(4)38-21-22-39-37-20-19-35-31-36(23-25-46(35,11)40(37)24-26-47(38,39)12)54-43(53)50(30-16-28-49-42(52)56-45(8,9)10)29-15-14-27-48-41(51)55-44(5,6)7/h19,32-34,36-40H,13-18,20-31H2,1-12H3,(H,48,51)(H,49,52)/t33-,34-,36+,37+,38-,39+,40+,46+,47-/m1/s1. The molecule has 0 saturated heterocycles. The largest absolute Gasteiger partial charge is 0.446 e. The van der Waals surface area contributed by atoms with Gasteiger partial charge in [-0.05, 0) is 164 Å². The lowest BCUT2D eigenvalue weighted by atomic mass is 9.47. The molecule has 2 N–H and O–H groups in total. The van der Waals surface area contributed by atoms with E-state index in [2.05, 4.69) is 58.3 Å². The summed E-state index contributed by atoms with van der Waals surface area (Å²) >= 11 is 0. The van der Waals surface area contributed by atoms with E-state index in [0.717, 1.165) is 60.7 Å². The summed E-state index contributed by atoms with van der Waals surface area (Å²) < 4.78 is 17.0. The normalized spacial score (nSPS) is 29.9. The van der Waals surface area contributed by atoms with Crippen LogP contribution in [0.4, 0.5) is 14.4 Å². The number of allylic oxidation sites excluding steroid dienone is 1. The van der Waals surface area contributed by atoms with Crippen LogP contribution < -0.4 is 10.6 Å². The number of hydrogen-bond donors (Lipinski definition) is 2. The van der Waals surface area contributed by atoms with Gasteiger partial charge in [-0.15, -0.1) is 0 Å². The van der Waals surface area contributed by atoms with Gasteiger partial charge in [-0.3, -0.25) is 0 Å². The molecule has 4 aliphatic rings. The third-order valence-electron chi connectivity index (χ3n) is 14.6. The first kappa shape index (κ1) is 46.2. The minimum absolute atomic E-state index is 0.127. The Morgan fingerprint density at radius 1 is 0.821 bits per heavy atom. The zero-order valence-electron chi connectivity index (χ0n) is 37.8. The molecule has 9 heteroatoms. The molecule has 56 heavy (non-hydrogen) atoms. The Kier molecular flexibility index (Phi) is 16.1. The second-order valence-corrected chi connectivity index (χ2v) is 21.1. The van der Waals surface area contributed by atoms with Crippen LogP contribution in [-0.4, -0.2) is 66.7 Å². The molecule has 0 heterocycles. The number of carbonyl (C=O) groups excluding carboxylic acids is 3.